The fourth-order valence-electron chi connectivity index (χ4n) is 3.58. The van der Waals surface area contributed by atoms with Crippen molar-refractivity contribution in [3.63, 3.8) is 0 Å². The number of nitrogens with one attached hydrogen (secondary N) is 1. The molecule has 6 heteroatoms. The third-order valence-electron chi connectivity index (χ3n) is 5.04. The molecule has 0 fully saturated rings. The van der Waals surface area contributed by atoms with Crippen molar-refractivity contribution < 1.29 is 4.79 Å². The van der Waals surface area contributed by atoms with Crippen LogP contribution >= 0.6 is 23.2 Å². The molecule has 0 aliphatic heterocycles. The van der Waals surface area contributed by atoms with Gasteiger partial charge in [-0.05, 0) is 55.0 Å². The van der Waals surface area contributed by atoms with Gasteiger partial charge in [0.25, 0.3) is 5.91 Å². The van der Waals surface area contributed by atoms with Gasteiger partial charge >= 0.3 is 0 Å². The van der Waals surface area contributed by atoms with Crippen LogP contribution in [0.15, 0.2) is 71.8 Å². The van der Waals surface area contributed by atoms with Gasteiger partial charge in [0.15, 0.2) is 0 Å². The molecular weight excluding hydrogens is 417 g/mol. The van der Waals surface area contributed by atoms with E-state index in [1.54, 1.807) is 18.3 Å². The van der Waals surface area contributed by atoms with E-state index in [0.29, 0.717) is 15.6 Å². The molecule has 1 aromatic heterocycles. The number of hydrazone groups is 1. The maximum absolute atomic E-state index is 12.6. The van der Waals surface area contributed by atoms with E-state index in [2.05, 4.69) is 15.1 Å². The van der Waals surface area contributed by atoms with E-state index in [-0.39, 0.29) is 5.91 Å². The second-order valence-corrected chi connectivity index (χ2v) is 7.80. The molecule has 1 N–H and O–H groups in total. The van der Waals surface area contributed by atoms with E-state index in [1.807, 2.05) is 68.4 Å². The smallest absolute Gasteiger partial charge is 0.271 e. The minimum atomic E-state index is -0.249. The Morgan fingerprint density at radius 1 is 0.967 bits per heavy atom. The van der Waals surface area contributed by atoms with Crippen LogP contribution in [0.4, 0.5) is 0 Å². The van der Waals surface area contributed by atoms with Gasteiger partial charge in [-0.15, -0.1) is 0 Å². The highest BCUT2D eigenvalue weighted by molar-refractivity contribution is 6.42. The molecule has 30 heavy (non-hydrogen) atoms. The van der Waals surface area contributed by atoms with Crippen LogP contribution in [0.25, 0.3) is 16.5 Å². The molecule has 0 aliphatic carbocycles. The second-order valence-electron chi connectivity index (χ2n) is 6.99. The summed E-state index contributed by atoms with van der Waals surface area (Å²) >= 11 is 12.2. The van der Waals surface area contributed by atoms with Crippen LogP contribution in [0.1, 0.15) is 27.3 Å². The zero-order chi connectivity index (χ0) is 21.3. The average Bonchev–Trinajstić information content (AvgIpc) is 3.02. The van der Waals surface area contributed by atoms with Gasteiger partial charge in [0.05, 0.1) is 16.3 Å². The van der Waals surface area contributed by atoms with E-state index >= 15 is 0 Å². The van der Waals surface area contributed by atoms with Crippen molar-refractivity contribution in [2.45, 2.75) is 13.8 Å². The largest absolute Gasteiger partial charge is 0.318 e. The Balaban J connectivity index is 1.57. The van der Waals surface area contributed by atoms with Gasteiger partial charge in [-0.2, -0.15) is 5.10 Å². The van der Waals surface area contributed by atoms with Gasteiger partial charge in [0.1, 0.15) is 0 Å². The van der Waals surface area contributed by atoms with Crippen LogP contribution in [0.3, 0.4) is 0 Å². The standard InChI is InChI=1S/C24H19Cl2N3O/c1-15-12-18(16(2)29(15)19-10-11-22(25)23(26)13-19)14-27-28-24(30)21-9-5-7-17-6-3-4-8-20(17)21/h3-14H,1-2H3,(H,28,30)/b27-14-. The third-order valence-corrected chi connectivity index (χ3v) is 5.77. The number of aromatic nitrogens is 1. The lowest BCUT2D eigenvalue weighted by Crippen LogP contribution is -2.18. The molecule has 0 saturated carbocycles. The number of carbonyl (C=O) groups is 1. The van der Waals surface area contributed by atoms with Crippen LogP contribution in [-0.4, -0.2) is 16.7 Å². The van der Waals surface area contributed by atoms with Crippen molar-refractivity contribution in [2.24, 2.45) is 5.10 Å². The highest BCUT2D eigenvalue weighted by atomic mass is 35.5. The molecule has 1 amide bonds. The summed E-state index contributed by atoms with van der Waals surface area (Å²) < 4.78 is 2.07. The summed E-state index contributed by atoms with van der Waals surface area (Å²) in [6.07, 6.45) is 1.65. The molecule has 0 radical (unpaired) electrons. The van der Waals surface area contributed by atoms with E-state index in [9.17, 15) is 4.79 Å². The summed E-state index contributed by atoms with van der Waals surface area (Å²) in [6.45, 7) is 3.99. The Hall–Kier alpha value is -3.08. The first-order valence-corrected chi connectivity index (χ1v) is 10.2. The van der Waals surface area contributed by atoms with E-state index in [4.69, 9.17) is 23.2 Å². The Labute approximate surface area is 184 Å². The summed E-state index contributed by atoms with van der Waals surface area (Å²) in [5.74, 6) is -0.249. The first kappa shape index (κ1) is 20.2. The Bertz CT molecular complexity index is 1290. The predicted molar refractivity (Wildman–Crippen MR) is 124 cm³/mol. The third kappa shape index (κ3) is 3.84. The number of halogens is 2. The summed E-state index contributed by atoms with van der Waals surface area (Å²) in [6, 6.07) is 20.9. The minimum absolute atomic E-state index is 0.249. The van der Waals surface area contributed by atoms with Gasteiger partial charge in [-0.1, -0.05) is 59.6 Å². The number of hydrogen-bond donors (Lipinski definition) is 1. The molecule has 0 atom stereocenters. The summed E-state index contributed by atoms with van der Waals surface area (Å²) in [7, 11) is 0. The number of benzene rings is 3. The van der Waals surface area contributed by atoms with Crippen LogP contribution < -0.4 is 5.43 Å². The molecule has 4 nitrogen and oxygen atoms in total. The fraction of sp³-hybridized carbons (Fsp3) is 0.0833. The Morgan fingerprint density at radius 2 is 1.73 bits per heavy atom. The first-order chi connectivity index (χ1) is 14.5. The van der Waals surface area contributed by atoms with Gasteiger partial charge in [0, 0.05) is 28.2 Å². The van der Waals surface area contributed by atoms with Crippen molar-refractivity contribution >= 4 is 46.1 Å². The number of aryl methyl sites for hydroxylation is 1. The molecule has 3 aromatic carbocycles. The second kappa shape index (κ2) is 8.34. The molecule has 150 valence electrons. The number of amides is 1. The van der Waals surface area contributed by atoms with Crippen molar-refractivity contribution in [3.05, 3.63) is 99.3 Å². The van der Waals surface area contributed by atoms with Gasteiger partial charge < -0.3 is 4.57 Å². The molecule has 4 rings (SSSR count). The van der Waals surface area contributed by atoms with Crippen molar-refractivity contribution in [1.29, 1.82) is 0 Å². The van der Waals surface area contributed by atoms with Crippen LogP contribution in [0.2, 0.25) is 10.0 Å². The lowest BCUT2D eigenvalue weighted by Gasteiger charge is -2.10. The van der Waals surface area contributed by atoms with E-state index in [1.165, 1.54) is 0 Å². The molecule has 0 saturated heterocycles. The van der Waals surface area contributed by atoms with Gasteiger partial charge in [-0.3, -0.25) is 4.79 Å². The highest BCUT2D eigenvalue weighted by Crippen LogP contribution is 2.27. The Morgan fingerprint density at radius 3 is 2.53 bits per heavy atom. The highest BCUT2D eigenvalue weighted by Gasteiger charge is 2.12. The lowest BCUT2D eigenvalue weighted by atomic mass is 10.0. The summed E-state index contributed by atoms with van der Waals surface area (Å²) in [5, 5.41) is 7.10. The Kier molecular flexibility index (Phi) is 5.62. The molecule has 0 unspecified atom stereocenters. The normalized spacial score (nSPS) is 11.3. The molecule has 0 aliphatic rings. The van der Waals surface area contributed by atoms with Gasteiger partial charge in [0.2, 0.25) is 0 Å². The molecule has 0 bridgehead atoms. The minimum Gasteiger partial charge on any atom is -0.318 e. The number of rotatable bonds is 4. The zero-order valence-corrected chi connectivity index (χ0v) is 18.0. The van der Waals surface area contributed by atoms with Crippen LogP contribution in [0, 0.1) is 13.8 Å². The van der Waals surface area contributed by atoms with E-state index in [0.717, 1.165) is 33.4 Å². The average molecular weight is 436 g/mol. The lowest BCUT2D eigenvalue weighted by molar-refractivity contribution is 0.0957. The topological polar surface area (TPSA) is 46.4 Å². The van der Waals surface area contributed by atoms with Crippen molar-refractivity contribution in [3.8, 4) is 5.69 Å². The molecule has 0 spiro atoms. The number of hydrogen-bond acceptors (Lipinski definition) is 2. The van der Waals surface area contributed by atoms with E-state index < -0.39 is 0 Å². The number of carbonyl (C=O) groups excluding carboxylic acids is 1. The summed E-state index contributed by atoms with van der Waals surface area (Å²) in [5.41, 5.74) is 7.04. The molecular formula is C24H19Cl2N3O. The van der Waals surface area contributed by atoms with Crippen molar-refractivity contribution in [2.75, 3.05) is 0 Å². The molecule has 1 heterocycles. The van der Waals surface area contributed by atoms with Crippen LogP contribution in [-0.2, 0) is 0 Å². The number of nitrogens with zero attached hydrogens (tertiary/aromatic N) is 2. The molecule has 4 aromatic rings. The quantitative estimate of drug-likeness (QED) is 0.295. The fourth-order valence-corrected chi connectivity index (χ4v) is 3.88. The number of fused-ring (bicyclic) bond motifs is 1. The predicted octanol–water partition coefficient (Wildman–Crippen LogP) is 6.32. The maximum Gasteiger partial charge on any atom is 0.271 e. The monoisotopic (exact) mass is 435 g/mol. The van der Waals surface area contributed by atoms with Crippen LogP contribution in [0.5, 0.6) is 0 Å². The maximum atomic E-state index is 12.6. The van der Waals surface area contributed by atoms with Gasteiger partial charge in [-0.25, -0.2) is 5.43 Å². The first-order valence-electron chi connectivity index (χ1n) is 9.41. The van der Waals surface area contributed by atoms with Crippen molar-refractivity contribution in [1.82, 2.24) is 9.99 Å². The summed E-state index contributed by atoms with van der Waals surface area (Å²) in [4.78, 5) is 12.6. The SMILES string of the molecule is Cc1cc(/C=N\NC(=O)c2cccc3ccccc23)c(C)n1-c1ccc(Cl)c(Cl)c1. The zero-order valence-electron chi connectivity index (χ0n) is 16.5.